The van der Waals surface area contributed by atoms with E-state index in [4.69, 9.17) is 4.74 Å². The van der Waals surface area contributed by atoms with Gasteiger partial charge in [0.1, 0.15) is 0 Å². The SMILES string of the molecule is COc1ccc(CN(C)CN2C(=O)C(=O)N(C(C)C)C2=O)cc1F. The third kappa shape index (κ3) is 3.38. The number of carbonyl (C=O) groups excluding carboxylic acids is 3. The number of halogens is 1. The molecular weight excluding hydrogens is 317 g/mol. The second-order valence-corrected chi connectivity index (χ2v) is 5.91. The molecule has 0 N–H and O–H groups in total. The molecule has 1 aliphatic heterocycles. The molecule has 0 saturated carbocycles. The zero-order valence-electron chi connectivity index (χ0n) is 14.1. The maximum absolute atomic E-state index is 13.7. The number of benzene rings is 1. The van der Waals surface area contributed by atoms with Crippen LogP contribution in [-0.4, -0.2) is 59.4 Å². The van der Waals surface area contributed by atoms with E-state index < -0.39 is 23.7 Å². The molecule has 24 heavy (non-hydrogen) atoms. The summed E-state index contributed by atoms with van der Waals surface area (Å²) < 4.78 is 18.6. The molecule has 1 saturated heterocycles. The lowest BCUT2D eigenvalue weighted by atomic mass is 10.2. The molecule has 2 rings (SSSR count). The maximum Gasteiger partial charge on any atom is 0.335 e. The van der Waals surface area contributed by atoms with Crippen LogP contribution in [0.5, 0.6) is 5.75 Å². The van der Waals surface area contributed by atoms with E-state index in [1.807, 2.05) is 0 Å². The average molecular weight is 337 g/mol. The van der Waals surface area contributed by atoms with Crippen molar-refractivity contribution in [1.82, 2.24) is 14.7 Å². The zero-order valence-corrected chi connectivity index (χ0v) is 14.1. The summed E-state index contributed by atoms with van der Waals surface area (Å²) in [6.45, 7) is 3.57. The minimum atomic E-state index is -0.846. The Morgan fingerprint density at radius 1 is 1.21 bits per heavy atom. The minimum Gasteiger partial charge on any atom is -0.494 e. The van der Waals surface area contributed by atoms with Crippen LogP contribution < -0.4 is 4.74 Å². The molecule has 130 valence electrons. The third-order valence-corrected chi connectivity index (χ3v) is 3.65. The summed E-state index contributed by atoms with van der Waals surface area (Å²) in [5, 5.41) is 0. The highest BCUT2D eigenvalue weighted by atomic mass is 19.1. The first-order valence-corrected chi connectivity index (χ1v) is 7.46. The normalized spacial score (nSPS) is 15.2. The highest BCUT2D eigenvalue weighted by Gasteiger charge is 2.45. The van der Waals surface area contributed by atoms with Gasteiger partial charge in [-0.25, -0.2) is 14.1 Å². The lowest BCUT2D eigenvalue weighted by Crippen LogP contribution is -2.41. The van der Waals surface area contributed by atoms with E-state index in [-0.39, 0.29) is 18.5 Å². The molecule has 0 radical (unpaired) electrons. The number of ether oxygens (including phenoxy) is 1. The molecule has 1 heterocycles. The Morgan fingerprint density at radius 3 is 2.38 bits per heavy atom. The van der Waals surface area contributed by atoms with Crippen molar-refractivity contribution in [1.29, 1.82) is 0 Å². The first kappa shape index (κ1) is 17.9. The molecule has 0 aliphatic carbocycles. The second-order valence-electron chi connectivity index (χ2n) is 5.91. The molecule has 0 unspecified atom stereocenters. The Labute approximate surface area is 139 Å². The summed E-state index contributed by atoms with van der Waals surface area (Å²) >= 11 is 0. The number of amides is 4. The van der Waals surface area contributed by atoms with Crippen LogP contribution in [0.15, 0.2) is 18.2 Å². The fourth-order valence-electron chi connectivity index (χ4n) is 2.51. The van der Waals surface area contributed by atoms with Gasteiger partial charge in [0.15, 0.2) is 11.6 Å². The first-order chi connectivity index (χ1) is 11.3. The van der Waals surface area contributed by atoms with Gasteiger partial charge in [0.25, 0.3) is 0 Å². The van der Waals surface area contributed by atoms with Gasteiger partial charge >= 0.3 is 17.8 Å². The van der Waals surface area contributed by atoms with Gasteiger partial charge in [-0.1, -0.05) is 6.07 Å². The number of rotatable bonds is 6. The van der Waals surface area contributed by atoms with Crippen molar-refractivity contribution in [3.63, 3.8) is 0 Å². The van der Waals surface area contributed by atoms with Gasteiger partial charge in [0, 0.05) is 12.6 Å². The molecule has 7 nitrogen and oxygen atoms in total. The summed E-state index contributed by atoms with van der Waals surface area (Å²) in [7, 11) is 3.05. The van der Waals surface area contributed by atoms with E-state index in [0.29, 0.717) is 12.1 Å². The average Bonchev–Trinajstić information content (AvgIpc) is 2.71. The summed E-state index contributed by atoms with van der Waals surface area (Å²) in [5.74, 6) is -2.01. The molecular formula is C16H20FN3O4. The molecule has 0 aromatic heterocycles. The van der Waals surface area contributed by atoms with Crippen LogP contribution in [-0.2, 0) is 16.1 Å². The second kappa shape index (κ2) is 6.96. The quantitative estimate of drug-likeness (QED) is 0.580. The van der Waals surface area contributed by atoms with Gasteiger partial charge in [0.2, 0.25) is 0 Å². The number of hydrogen-bond acceptors (Lipinski definition) is 5. The lowest BCUT2D eigenvalue weighted by molar-refractivity contribution is -0.144. The summed E-state index contributed by atoms with van der Waals surface area (Å²) in [5.41, 5.74) is 0.655. The molecule has 1 aromatic carbocycles. The predicted octanol–water partition coefficient (Wildman–Crippen LogP) is 1.42. The van der Waals surface area contributed by atoms with Crippen molar-refractivity contribution in [2.24, 2.45) is 0 Å². The highest BCUT2D eigenvalue weighted by Crippen LogP contribution is 2.19. The van der Waals surface area contributed by atoms with E-state index in [9.17, 15) is 18.8 Å². The summed E-state index contributed by atoms with van der Waals surface area (Å²) in [6.07, 6.45) is 0. The molecule has 1 aliphatic rings. The largest absolute Gasteiger partial charge is 0.494 e. The maximum atomic E-state index is 13.7. The molecule has 0 bridgehead atoms. The Hall–Kier alpha value is -2.48. The third-order valence-electron chi connectivity index (χ3n) is 3.65. The standard InChI is InChI=1S/C16H20FN3O4/c1-10(2)20-15(22)14(21)19(16(20)23)9-18(3)8-11-5-6-13(24-4)12(17)7-11/h5-7,10H,8-9H2,1-4H3. The van der Waals surface area contributed by atoms with Crippen molar-refractivity contribution in [2.75, 3.05) is 20.8 Å². The first-order valence-electron chi connectivity index (χ1n) is 7.46. The number of imide groups is 2. The molecule has 8 heteroatoms. The summed E-state index contributed by atoms with van der Waals surface area (Å²) in [6, 6.07) is 3.51. The van der Waals surface area contributed by atoms with Gasteiger partial charge in [-0.2, -0.15) is 0 Å². The van der Waals surface area contributed by atoms with Crippen molar-refractivity contribution < 1.29 is 23.5 Å². The van der Waals surface area contributed by atoms with Crippen LogP contribution in [0.2, 0.25) is 0 Å². The van der Waals surface area contributed by atoms with Crippen molar-refractivity contribution >= 4 is 17.8 Å². The smallest absolute Gasteiger partial charge is 0.335 e. The van der Waals surface area contributed by atoms with Crippen molar-refractivity contribution in [2.45, 2.75) is 26.4 Å². The van der Waals surface area contributed by atoms with Gasteiger partial charge in [-0.05, 0) is 38.6 Å². The topological polar surface area (TPSA) is 70.2 Å². The van der Waals surface area contributed by atoms with E-state index >= 15 is 0 Å². The van der Waals surface area contributed by atoms with Crippen LogP contribution in [0, 0.1) is 5.82 Å². The molecule has 0 spiro atoms. The fourth-order valence-corrected chi connectivity index (χ4v) is 2.51. The molecule has 1 fully saturated rings. The number of urea groups is 1. The Kier molecular flexibility index (Phi) is 5.18. The lowest BCUT2D eigenvalue weighted by Gasteiger charge is -2.23. The number of hydrogen-bond donors (Lipinski definition) is 0. The van der Waals surface area contributed by atoms with E-state index in [2.05, 4.69) is 0 Å². The molecule has 0 atom stereocenters. The van der Waals surface area contributed by atoms with Gasteiger partial charge in [0.05, 0.1) is 13.8 Å². The molecule has 4 amide bonds. The molecule has 1 aromatic rings. The Balaban J connectivity index is 2.06. The predicted molar refractivity (Wildman–Crippen MR) is 83.5 cm³/mol. The van der Waals surface area contributed by atoms with Crippen LogP contribution in [0.25, 0.3) is 0 Å². The van der Waals surface area contributed by atoms with Crippen LogP contribution >= 0.6 is 0 Å². The van der Waals surface area contributed by atoms with Crippen molar-refractivity contribution in [3.05, 3.63) is 29.6 Å². The Morgan fingerprint density at radius 2 is 1.88 bits per heavy atom. The van der Waals surface area contributed by atoms with Crippen LogP contribution in [0.1, 0.15) is 19.4 Å². The van der Waals surface area contributed by atoms with Crippen LogP contribution in [0.3, 0.4) is 0 Å². The monoisotopic (exact) mass is 337 g/mol. The highest BCUT2D eigenvalue weighted by molar-refractivity contribution is 6.44. The van der Waals surface area contributed by atoms with Gasteiger partial charge in [-0.3, -0.25) is 19.4 Å². The van der Waals surface area contributed by atoms with Gasteiger partial charge < -0.3 is 4.74 Å². The van der Waals surface area contributed by atoms with Crippen LogP contribution in [0.4, 0.5) is 9.18 Å². The van der Waals surface area contributed by atoms with Gasteiger partial charge in [-0.15, -0.1) is 0 Å². The fraction of sp³-hybridized carbons (Fsp3) is 0.438. The number of nitrogens with zero attached hydrogens (tertiary/aromatic N) is 3. The number of carbonyl (C=O) groups is 3. The zero-order chi connectivity index (χ0) is 18.0. The van der Waals surface area contributed by atoms with E-state index in [1.165, 1.54) is 19.2 Å². The number of methoxy groups -OCH3 is 1. The van der Waals surface area contributed by atoms with E-state index in [0.717, 1.165) is 9.80 Å². The minimum absolute atomic E-state index is 0.0553. The van der Waals surface area contributed by atoms with Crippen molar-refractivity contribution in [3.8, 4) is 5.75 Å². The Bertz CT molecular complexity index is 677. The summed E-state index contributed by atoms with van der Waals surface area (Å²) in [4.78, 5) is 39.5. The van der Waals surface area contributed by atoms with E-state index in [1.54, 1.807) is 31.9 Å².